The van der Waals surface area contributed by atoms with Gasteiger partial charge in [-0.1, -0.05) is 96.9 Å². The number of nitrogens with two attached hydrogens (primary N) is 2. The number of aromatic nitrogens is 3. The number of anilines is 3. The topological polar surface area (TPSA) is 729 Å². The van der Waals surface area contributed by atoms with Gasteiger partial charge in [0.2, 0.25) is 41.4 Å². The number of nitrogens with one attached hydrogen (secondary N) is 15. The van der Waals surface area contributed by atoms with Crippen molar-refractivity contribution in [1.29, 1.82) is 5.41 Å². The Morgan fingerprint density at radius 3 is 2.11 bits per heavy atom. The van der Waals surface area contributed by atoms with Crippen LogP contribution < -0.4 is 90.7 Å². The third-order valence-corrected chi connectivity index (χ3v) is 29.7. The van der Waals surface area contributed by atoms with Gasteiger partial charge in [0.25, 0.3) is 11.5 Å². The lowest BCUT2D eigenvalue weighted by Crippen LogP contribution is -2.82. The average molecular weight is 2020 g/mol. The van der Waals surface area contributed by atoms with Crippen molar-refractivity contribution in [3.8, 4) is 18.1 Å². The zero-order valence-electron chi connectivity index (χ0n) is 79.1. The van der Waals surface area contributed by atoms with E-state index in [1.807, 2.05) is 68.6 Å². The molecule has 0 bridgehead atoms. The number of hydrazine groups is 1. The van der Waals surface area contributed by atoms with E-state index in [0.29, 0.717) is 92.9 Å². The Labute approximate surface area is 823 Å². The number of terminal acetylenes is 1. The van der Waals surface area contributed by atoms with E-state index in [0.717, 1.165) is 43.8 Å². The first kappa shape index (κ1) is 109. The van der Waals surface area contributed by atoms with E-state index in [1.54, 1.807) is 24.1 Å². The molecule has 11 rings (SSSR count). The van der Waals surface area contributed by atoms with Gasteiger partial charge in [-0.3, -0.25) is 78.3 Å². The van der Waals surface area contributed by atoms with E-state index >= 15 is 9.59 Å². The van der Waals surface area contributed by atoms with E-state index in [9.17, 15) is 103 Å². The van der Waals surface area contributed by atoms with Crippen LogP contribution in [-0.2, 0) is 89.1 Å². The number of hydrogen-bond acceptors (Lipinski definition) is 32. The van der Waals surface area contributed by atoms with Gasteiger partial charge in [-0.05, 0) is 144 Å². The molecule has 7 heterocycles. The summed E-state index contributed by atoms with van der Waals surface area (Å²) in [5.74, 6) is -16.7. The number of esters is 1. The molecule has 142 heavy (non-hydrogen) atoms. The predicted octanol–water partition coefficient (Wildman–Crippen LogP) is -0.131. The molecule has 6 unspecified atom stereocenters. The lowest BCUT2D eigenvalue weighted by molar-refractivity contribution is -0.204. The van der Waals surface area contributed by atoms with Crippen molar-refractivity contribution in [2.75, 3.05) is 101 Å². The maximum atomic E-state index is 15.7. The predicted molar refractivity (Wildman–Crippen MR) is 519 cm³/mol. The van der Waals surface area contributed by atoms with E-state index < -0.39 is 233 Å². The van der Waals surface area contributed by atoms with Crippen LogP contribution in [0.2, 0.25) is 0 Å². The maximum Gasteiger partial charge on any atom is 0.426 e. The van der Waals surface area contributed by atoms with Crippen molar-refractivity contribution in [1.82, 2.24) is 78.6 Å². The molecule has 27 N–H and O–H groups in total. The summed E-state index contributed by atoms with van der Waals surface area (Å²) in [6, 6.07) is -2.02. The Hall–Kier alpha value is -13.8. The molecule has 1 saturated carbocycles. The Morgan fingerprint density at radius 2 is 1.48 bits per heavy atom. The van der Waals surface area contributed by atoms with Crippen LogP contribution in [0.1, 0.15) is 146 Å². The van der Waals surface area contributed by atoms with E-state index in [-0.39, 0.29) is 92.2 Å². The third-order valence-electron chi connectivity index (χ3n) is 27.4. The minimum absolute atomic E-state index is 0.0543. The molecule has 8 amide bonds. The molecule has 2 aliphatic carbocycles. The maximum absolute atomic E-state index is 15.7. The first-order valence-electron chi connectivity index (χ1n) is 46.4. The molecule has 49 heteroatoms. The molecule has 7 aliphatic rings. The number of ether oxygens (including phenoxy) is 3. The molecule has 768 valence electrons. The molecule has 1 spiro atoms. The standard InChI is InChI=1S/C93H123N21O26S2/c1-8-17-48(46-140-88(135)112-111-84(133)93(137)82-91(30-34-114-33-16-29-90(11-4,81(91)114)83(93)132)55-36-56(65(138-6)40-64(55)113(82)5)92(85(134)139-7)42-49(41-89(136,9-2)10-3)43-97-32-28-54-53-19-12-13-20-57(53)103-71(54)92)18-15-35-141-142-47-63(80(130)131)108-77(126)62(39-69(120)121)107-76(125)61(38-68(118)119)106-74(123)58(21-14-31-98-86(94)95)104-75(124)60(37-67(116)117)102-66(115)27-26-59(79(128)129)105-73(122)50-22-24-51(25-23-50)99-44-52-45-100-72-70(101-52)78(127)110-87(96)109-72/h1,12-13,15-20,24,29,36,40,49-50,58-63,81-83,97,99,103,132,136-137H,9-11,14,21-23,25-28,30-35,37-39,41-47H2,2-7H3,(H,102,115)(H,104,124)(H,105,122)(H,106,123)(H,107,125)(H,108,126)(H,111,133)(H,112,135)(H,116,117)(H,118,119)(H,120,121)(H,128,129)(H,130,131)(H4,94,95,98)(H4,96,100,109,110,127)/b18-15-,48-17+/t49?,50-,58-,59?,60?,61?,62-,63?,81-,82+,83+,90+,91?,92-,93-/m0/s1. The molecule has 47 nitrogen and oxygen atoms in total. The number of likely N-dealkylation sites (N-methyl/N-ethyl adjacent to an activating group) is 1. The summed E-state index contributed by atoms with van der Waals surface area (Å²) in [4.78, 5) is 221. The van der Waals surface area contributed by atoms with E-state index in [1.165, 1.54) is 32.4 Å². The number of fused-ring (bicyclic) bond motifs is 5. The highest BCUT2D eigenvalue weighted by Gasteiger charge is 2.79. The minimum atomic E-state index is -2.75. The fourth-order valence-electron chi connectivity index (χ4n) is 20.5. The normalized spacial score (nSPS) is 22.9. The van der Waals surface area contributed by atoms with Crippen molar-refractivity contribution in [3.05, 3.63) is 117 Å². The summed E-state index contributed by atoms with van der Waals surface area (Å²) in [5.41, 5.74) is 12.5. The number of guanidine groups is 1. The number of benzene rings is 2. The number of aliphatic carboxylic acids is 5. The molecule has 4 aromatic rings. The highest BCUT2D eigenvalue weighted by Crippen LogP contribution is 2.68. The fraction of sp³-hybridized carbons (Fsp3) is 0.527. The number of carbonyl (C=O) groups excluding carboxylic acids is 9. The van der Waals surface area contributed by atoms with Gasteiger partial charge in [-0.25, -0.2) is 24.8 Å². The molecule has 2 aromatic heterocycles. The zero-order valence-corrected chi connectivity index (χ0v) is 80.8. The van der Waals surface area contributed by atoms with Crippen molar-refractivity contribution in [3.63, 3.8) is 0 Å². The van der Waals surface area contributed by atoms with Crippen molar-refractivity contribution >= 4 is 151 Å². The lowest BCUT2D eigenvalue weighted by Gasteiger charge is -2.63. The second-order valence-electron chi connectivity index (χ2n) is 36.1. The molecular weight excluding hydrogens is 1890 g/mol. The van der Waals surface area contributed by atoms with Crippen LogP contribution in [0.3, 0.4) is 0 Å². The van der Waals surface area contributed by atoms with E-state index in [4.69, 9.17) is 37.5 Å². The van der Waals surface area contributed by atoms with Gasteiger partial charge >= 0.3 is 41.9 Å². The Kier molecular flexibility index (Phi) is 36.4. The van der Waals surface area contributed by atoms with Crippen LogP contribution in [0.25, 0.3) is 10.9 Å². The van der Waals surface area contributed by atoms with Crippen LogP contribution >= 0.6 is 21.6 Å². The number of carboxylic acids is 5. The number of nitrogen functional groups attached to an aromatic ring is 1. The number of H-pyrrole nitrogens is 2. The number of carboxylic acid groups (broad SMARTS) is 5. The molecule has 2 fully saturated rings. The number of hydrogen-bond donors (Lipinski definition) is 25. The van der Waals surface area contributed by atoms with Crippen LogP contribution in [0.15, 0.2) is 93.9 Å². The lowest BCUT2D eigenvalue weighted by atomic mass is 9.47. The molecule has 15 atom stereocenters. The quantitative estimate of drug-likeness (QED) is 0.00315. The largest absolute Gasteiger partial charge is 0.496 e. The Balaban J connectivity index is 0.694. The highest BCUT2D eigenvalue weighted by molar-refractivity contribution is 8.76. The van der Waals surface area contributed by atoms with E-state index in [2.05, 4.69) is 89.5 Å². The van der Waals surface area contributed by atoms with Crippen LogP contribution in [0.4, 0.5) is 27.9 Å². The molecule has 2 aromatic carbocycles. The third kappa shape index (κ3) is 24.5. The van der Waals surface area contributed by atoms with Crippen LogP contribution in [0.5, 0.6) is 5.75 Å². The van der Waals surface area contributed by atoms with Gasteiger partial charge in [0.15, 0.2) is 23.1 Å². The Bertz CT molecular complexity index is 5760. The fourth-order valence-corrected chi connectivity index (χ4v) is 22.4. The number of aromatic amines is 2. The number of para-hydroxylation sites is 1. The number of aliphatic hydroxyl groups excluding tert-OH is 1. The first-order valence-corrected chi connectivity index (χ1v) is 48.9. The van der Waals surface area contributed by atoms with Gasteiger partial charge in [0, 0.05) is 100 Å². The van der Waals surface area contributed by atoms with Crippen molar-refractivity contribution < 1.29 is 122 Å². The van der Waals surface area contributed by atoms with Gasteiger partial charge in [-0.2, -0.15) is 4.98 Å². The number of aliphatic imine (C=N–C) groups is 1. The SMILES string of the molecule is C#C/C=C(\C=C/CSSCC(NC(=O)[C@H](CC(=O)O)NC(=O)C(CC(=O)O)NC(=O)[C@H](CCCNC(=N)N)NC(=O)C(CC(=O)O)NC(=O)CCC(NC(=O)[C@H]1CC=C(NCC2=Nc3c(nc(N)[nH]c3=O)NC2)CC1)C(=O)O)C(=O)O)COC(=O)NNC(=O)[C@]1(O)[C@@H]2N(C)c3cc(OC)c([C@@]4(C(=O)OC)CC(CC(O)(CC)CC)CNCCc5c4[nH]c4ccccc54)cc3C23CCN2CC=C[C@](CC)([C@H]23)[C@H]1O. The number of rotatable bonds is 46. The molecule has 0 radical (unpaired) electrons. The summed E-state index contributed by atoms with van der Waals surface area (Å²) < 4.78 is 17.9. The summed E-state index contributed by atoms with van der Waals surface area (Å²) in [7, 11) is 6.46. The number of aliphatic hydroxyl groups is 3. The number of nitrogens with zero attached hydrogens (tertiary/aromatic N) is 4. The number of allylic oxidation sites excluding steroid dienone is 3. The smallest absolute Gasteiger partial charge is 0.426 e. The summed E-state index contributed by atoms with van der Waals surface area (Å²) >= 11 is 0. The minimum Gasteiger partial charge on any atom is -0.496 e. The van der Waals surface area contributed by atoms with Gasteiger partial charge in [0.1, 0.15) is 60.1 Å². The van der Waals surface area contributed by atoms with Gasteiger partial charge in [0.05, 0.1) is 63.9 Å². The molecule has 1 saturated heterocycles. The summed E-state index contributed by atoms with van der Waals surface area (Å²) in [6.45, 7) is 7.44. The van der Waals surface area contributed by atoms with Gasteiger partial charge < -0.3 is 130 Å². The number of methoxy groups -OCH3 is 2. The molecule has 5 aliphatic heterocycles. The van der Waals surface area contributed by atoms with Crippen molar-refractivity contribution in [2.45, 2.75) is 206 Å². The number of carbonyl (C=O) groups is 14. The Morgan fingerprint density at radius 1 is 0.817 bits per heavy atom. The highest BCUT2D eigenvalue weighted by atomic mass is 33.1. The summed E-state index contributed by atoms with van der Waals surface area (Å²) in [5, 5.41) is 123. The first-order chi connectivity index (χ1) is 67.6. The van der Waals surface area contributed by atoms with Gasteiger partial charge in [-0.15, -0.1) is 6.42 Å². The average Bonchev–Trinajstić information content (AvgIpc) is 1.48. The zero-order chi connectivity index (χ0) is 103. The van der Waals surface area contributed by atoms with Crippen molar-refractivity contribution in [2.24, 2.45) is 28.0 Å². The number of amides is 8. The second kappa shape index (κ2) is 47.6. The summed E-state index contributed by atoms with van der Waals surface area (Å²) in [6.07, 6.45) is 10.0. The van der Waals surface area contributed by atoms with Crippen LogP contribution in [0, 0.1) is 35.0 Å². The second-order valence-corrected chi connectivity index (χ2v) is 38.7. The van der Waals surface area contributed by atoms with Crippen LogP contribution in [-0.4, -0.2) is 306 Å². The monoisotopic (exact) mass is 2010 g/mol. The molecular formula is C93H123N21O26S2.